The van der Waals surface area contributed by atoms with E-state index in [1.807, 2.05) is 6.07 Å². The van der Waals surface area contributed by atoms with Gasteiger partial charge in [-0.1, -0.05) is 19.3 Å². The third-order valence-corrected chi connectivity index (χ3v) is 3.51. The van der Waals surface area contributed by atoms with Crippen LogP contribution in [0.3, 0.4) is 0 Å². The standard InChI is InChI=1S/C14H21N3O/c1-16-14(18)10-7-8-12(15)13(9-10)17-11-5-3-2-4-6-11/h7-9,11,17H,2-6,15H2,1H3,(H,16,18). The zero-order valence-electron chi connectivity index (χ0n) is 10.8. The molecule has 0 heterocycles. The Hall–Kier alpha value is -1.71. The van der Waals surface area contributed by atoms with Gasteiger partial charge in [-0.25, -0.2) is 0 Å². The molecule has 4 nitrogen and oxygen atoms in total. The van der Waals surface area contributed by atoms with Gasteiger partial charge in [-0.2, -0.15) is 0 Å². The SMILES string of the molecule is CNC(=O)c1ccc(N)c(NC2CCCCC2)c1. The lowest BCUT2D eigenvalue weighted by Gasteiger charge is -2.24. The van der Waals surface area contributed by atoms with Gasteiger partial charge in [-0.15, -0.1) is 0 Å². The van der Waals surface area contributed by atoms with Crippen molar-refractivity contribution in [1.82, 2.24) is 5.32 Å². The van der Waals surface area contributed by atoms with Gasteiger partial charge in [0.15, 0.2) is 0 Å². The highest BCUT2D eigenvalue weighted by Crippen LogP contribution is 2.26. The minimum Gasteiger partial charge on any atom is -0.397 e. The van der Waals surface area contributed by atoms with E-state index < -0.39 is 0 Å². The molecule has 2 rings (SSSR count). The second-order valence-electron chi connectivity index (χ2n) is 4.86. The van der Waals surface area contributed by atoms with Crippen molar-refractivity contribution in [3.63, 3.8) is 0 Å². The highest BCUT2D eigenvalue weighted by molar-refractivity contribution is 5.96. The van der Waals surface area contributed by atoms with Crippen molar-refractivity contribution >= 4 is 17.3 Å². The smallest absolute Gasteiger partial charge is 0.251 e. The molecule has 0 aliphatic heterocycles. The number of anilines is 2. The molecule has 4 heteroatoms. The van der Waals surface area contributed by atoms with Gasteiger partial charge in [0.05, 0.1) is 11.4 Å². The Morgan fingerprint density at radius 2 is 2.00 bits per heavy atom. The van der Waals surface area contributed by atoms with Crippen molar-refractivity contribution in [2.24, 2.45) is 0 Å². The maximum atomic E-state index is 11.6. The molecule has 1 amide bonds. The van der Waals surface area contributed by atoms with Crippen LogP contribution in [0.25, 0.3) is 0 Å². The van der Waals surface area contributed by atoms with Crippen LogP contribution in [0.15, 0.2) is 18.2 Å². The molecule has 18 heavy (non-hydrogen) atoms. The van der Waals surface area contributed by atoms with E-state index in [0.717, 1.165) is 5.69 Å². The molecule has 1 fully saturated rings. The largest absolute Gasteiger partial charge is 0.397 e. The van der Waals surface area contributed by atoms with Crippen LogP contribution in [0.5, 0.6) is 0 Å². The summed E-state index contributed by atoms with van der Waals surface area (Å²) >= 11 is 0. The highest BCUT2D eigenvalue weighted by Gasteiger charge is 2.15. The van der Waals surface area contributed by atoms with Gasteiger partial charge in [0.2, 0.25) is 0 Å². The molecular formula is C14H21N3O. The molecule has 1 aromatic rings. The van der Waals surface area contributed by atoms with Crippen molar-refractivity contribution in [3.8, 4) is 0 Å². The van der Waals surface area contributed by atoms with E-state index in [9.17, 15) is 4.79 Å². The number of carbonyl (C=O) groups excluding carboxylic acids is 1. The molecule has 0 unspecified atom stereocenters. The summed E-state index contributed by atoms with van der Waals surface area (Å²) in [7, 11) is 1.63. The molecule has 4 N–H and O–H groups in total. The first-order chi connectivity index (χ1) is 8.70. The molecule has 0 bridgehead atoms. The molecule has 0 aromatic heterocycles. The van der Waals surface area contributed by atoms with E-state index in [2.05, 4.69) is 10.6 Å². The average molecular weight is 247 g/mol. The van der Waals surface area contributed by atoms with Crippen LogP contribution in [0.2, 0.25) is 0 Å². The maximum Gasteiger partial charge on any atom is 0.251 e. The quantitative estimate of drug-likeness (QED) is 0.718. The van der Waals surface area contributed by atoms with Crippen molar-refractivity contribution in [3.05, 3.63) is 23.8 Å². The molecule has 1 aliphatic rings. The van der Waals surface area contributed by atoms with Gasteiger partial charge in [0, 0.05) is 18.7 Å². The fourth-order valence-electron chi connectivity index (χ4n) is 2.43. The number of hydrogen-bond donors (Lipinski definition) is 3. The van der Waals surface area contributed by atoms with Crippen LogP contribution < -0.4 is 16.4 Å². The Morgan fingerprint density at radius 3 is 2.67 bits per heavy atom. The molecule has 1 aromatic carbocycles. The average Bonchev–Trinajstić information content (AvgIpc) is 2.41. The first-order valence-electron chi connectivity index (χ1n) is 6.59. The van der Waals surface area contributed by atoms with E-state index in [4.69, 9.17) is 5.73 Å². The minimum atomic E-state index is -0.0818. The third kappa shape index (κ3) is 2.94. The molecule has 98 valence electrons. The monoisotopic (exact) mass is 247 g/mol. The van der Waals surface area contributed by atoms with E-state index in [0.29, 0.717) is 17.3 Å². The number of benzene rings is 1. The first-order valence-corrected chi connectivity index (χ1v) is 6.59. The Morgan fingerprint density at radius 1 is 1.28 bits per heavy atom. The summed E-state index contributed by atoms with van der Waals surface area (Å²) in [6.07, 6.45) is 6.23. The van der Waals surface area contributed by atoms with Crippen LogP contribution in [0.4, 0.5) is 11.4 Å². The predicted molar refractivity (Wildman–Crippen MR) is 74.7 cm³/mol. The zero-order chi connectivity index (χ0) is 13.0. The van der Waals surface area contributed by atoms with Gasteiger partial charge in [-0.3, -0.25) is 4.79 Å². The number of amides is 1. The second-order valence-corrected chi connectivity index (χ2v) is 4.86. The maximum absolute atomic E-state index is 11.6. The van der Waals surface area contributed by atoms with E-state index in [-0.39, 0.29) is 5.91 Å². The molecular weight excluding hydrogens is 226 g/mol. The molecule has 0 radical (unpaired) electrons. The number of rotatable bonds is 3. The summed E-state index contributed by atoms with van der Waals surface area (Å²) in [4.78, 5) is 11.6. The van der Waals surface area contributed by atoms with E-state index in [1.165, 1.54) is 32.1 Å². The summed E-state index contributed by atoms with van der Waals surface area (Å²) in [5, 5.41) is 6.09. The lowest BCUT2D eigenvalue weighted by atomic mass is 9.95. The molecule has 0 saturated heterocycles. The zero-order valence-corrected chi connectivity index (χ0v) is 10.8. The van der Waals surface area contributed by atoms with Gasteiger partial charge in [-0.05, 0) is 31.0 Å². The molecule has 1 saturated carbocycles. The van der Waals surface area contributed by atoms with Crippen molar-refractivity contribution in [2.45, 2.75) is 38.1 Å². The molecule has 0 spiro atoms. The lowest BCUT2D eigenvalue weighted by Crippen LogP contribution is -2.23. The van der Waals surface area contributed by atoms with Crippen LogP contribution in [-0.4, -0.2) is 19.0 Å². The normalized spacial score (nSPS) is 16.3. The number of hydrogen-bond acceptors (Lipinski definition) is 3. The molecule has 1 aliphatic carbocycles. The third-order valence-electron chi connectivity index (χ3n) is 3.51. The summed E-state index contributed by atoms with van der Waals surface area (Å²) in [5.41, 5.74) is 8.18. The van der Waals surface area contributed by atoms with Gasteiger partial charge in [0.1, 0.15) is 0 Å². The van der Waals surface area contributed by atoms with Gasteiger partial charge >= 0.3 is 0 Å². The number of nitrogens with two attached hydrogens (primary N) is 1. The Balaban J connectivity index is 2.12. The second kappa shape index (κ2) is 5.76. The van der Waals surface area contributed by atoms with Crippen molar-refractivity contribution < 1.29 is 4.79 Å². The first kappa shape index (κ1) is 12.7. The van der Waals surface area contributed by atoms with Gasteiger partial charge < -0.3 is 16.4 Å². The fourth-order valence-corrected chi connectivity index (χ4v) is 2.43. The number of nitrogen functional groups attached to an aromatic ring is 1. The Kier molecular flexibility index (Phi) is 4.07. The van der Waals surface area contributed by atoms with E-state index >= 15 is 0 Å². The number of nitrogens with one attached hydrogen (secondary N) is 2. The summed E-state index contributed by atoms with van der Waals surface area (Å²) in [5.74, 6) is -0.0818. The van der Waals surface area contributed by atoms with Crippen LogP contribution in [-0.2, 0) is 0 Å². The Labute approximate surface area is 108 Å². The topological polar surface area (TPSA) is 67.2 Å². The predicted octanol–water partition coefficient (Wildman–Crippen LogP) is 2.37. The van der Waals surface area contributed by atoms with Gasteiger partial charge in [0.25, 0.3) is 5.91 Å². The minimum absolute atomic E-state index is 0.0818. The van der Waals surface area contributed by atoms with Crippen molar-refractivity contribution in [2.75, 3.05) is 18.1 Å². The van der Waals surface area contributed by atoms with E-state index in [1.54, 1.807) is 19.2 Å². The summed E-state index contributed by atoms with van der Waals surface area (Å²) < 4.78 is 0. The molecule has 0 atom stereocenters. The number of carbonyl (C=O) groups is 1. The highest BCUT2D eigenvalue weighted by atomic mass is 16.1. The van der Waals surface area contributed by atoms with Crippen LogP contribution in [0.1, 0.15) is 42.5 Å². The Bertz CT molecular complexity index is 425. The van der Waals surface area contributed by atoms with Crippen LogP contribution in [0, 0.1) is 0 Å². The summed E-state index contributed by atoms with van der Waals surface area (Å²) in [6.45, 7) is 0. The summed E-state index contributed by atoms with van der Waals surface area (Å²) in [6, 6.07) is 5.86. The lowest BCUT2D eigenvalue weighted by molar-refractivity contribution is 0.0963. The fraction of sp³-hybridized carbons (Fsp3) is 0.500. The van der Waals surface area contributed by atoms with Crippen LogP contribution >= 0.6 is 0 Å². The van der Waals surface area contributed by atoms with Crippen molar-refractivity contribution in [1.29, 1.82) is 0 Å².